The van der Waals surface area contributed by atoms with E-state index >= 15 is 0 Å². The minimum atomic E-state index is -0.275. The maximum Gasteiger partial charge on any atom is 0.274 e. The number of carbonyl (C=O) groups excluding carboxylic acids is 1. The van der Waals surface area contributed by atoms with E-state index in [0.717, 1.165) is 34.4 Å². The molecule has 3 rings (SSSR count). The third-order valence-electron chi connectivity index (χ3n) is 3.88. The van der Waals surface area contributed by atoms with Crippen molar-refractivity contribution in [2.24, 2.45) is 0 Å². The van der Waals surface area contributed by atoms with E-state index in [1.165, 1.54) is 0 Å². The number of rotatable bonds is 6. The Labute approximate surface area is 149 Å². The Morgan fingerprint density at radius 2 is 2.08 bits per heavy atom. The number of nitrogens with zero attached hydrogens (tertiary/aromatic N) is 5. The van der Waals surface area contributed by atoms with Crippen molar-refractivity contribution in [1.29, 1.82) is 0 Å². The van der Waals surface area contributed by atoms with Crippen molar-refractivity contribution in [3.05, 3.63) is 52.6 Å². The molecule has 0 spiro atoms. The fraction of sp³-hybridized carbons (Fsp3) is 0.312. The predicted octanol–water partition coefficient (Wildman–Crippen LogP) is 1.73. The molecule has 0 aliphatic rings. The van der Waals surface area contributed by atoms with Crippen molar-refractivity contribution in [1.82, 2.24) is 29.1 Å². The molecule has 1 N–H and O–H groups in total. The van der Waals surface area contributed by atoms with E-state index in [1.54, 1.807) is 11.8 Å². The Morgan fingerprint density at radius 1 is 1.28 bits per heavy atom. The highest BCUT2D eigenvalue weighted by Crippen LogP contribution is 2.17. The van der Waals surface area contributed by atoms with Gasteiger partial charge in [0.2, 0.25) is 0 Å². The topological polar surface area (TPSA) is 94.8 Å². The standard InChI is InChI=1S/C16H18N6O2S/c1-10-13(20-25-19-10)9-22-11(2)15(18-21-22)16(23)17-8-12-6-4-5-7-14(12)24-3/h4-7H,8-9H2,1-3H3,(H,17,23). The highest BCUT2D eigenvalue weighted by molar-refractivity contribution is 6.99. The van der Waals surface area contributed by atoms with Gasteiger partial charge in [-0.1, -0.05) is 23.4 Å². The van der Waals surface area contributed by atoms with Crippen molar-refractivity contribution in [2.45, 2.75) is 26.9 Å². The lowest BCUT2D eigenvalue weighted by atomic mass is 10.2. The van der Waals surface area contributed by atoms with Crippen molar-refractivity contribution < 1.29 is 9.53 Å². The summed E-state index contributed by atoms with van der Waals surface area (Å²) in [5.74, 6) is 0.456. The molecule has 0 aliphatic carbocycles. The molecule has 3 aromatic rings. The average molecular weight is 358 g/mol. The zero-order valence-electron chi connectivity index (χ0n) is 14.2. The summed E-state index contributed by atoms with van der Waals surface area (Å²) in [4.78, 5) is 12.4. The molecule has 9 heteroatoms. The Bertz CT molecular complexity index is 888. The second-order valence-electron chi connectivity index (χ2n) is 5.47. The summed E-state index contributed by atoms with van der Waals surface area (Å²) < 4.78 is 15.3. The summed E-state index contributed by atoms with van der Waals surface area (Å²) in [6.45, 7) is 4.50. The molecule has 0 aliphatic heterocycles. The summed E-state index contributed by atoms with van der Waals surface area (Å²) in [5, 5.41) is 10.9. The Morgan fingerprint density at radius 3 is 2.80 bits per heavy atom. The second-order valence-corrected chi connectivity index (χ2v) is 6.00. The molecule has 25 heavy (non-hydrogen) atoms. The Kier molecular flexibility index (Phi) is 5.03. The van der Waals surface area contributed by atoms with Crippen LogP contribution in [0.1, 0.15) is 33.1 Å². The van der Waals surface area contributed by atoms with Gasteiger partial charge in [0.1, 0.15) is 5.75 Å². The molecule has 0 saturated carbocycles. The third-order valence-corrected chi connectivity index (χ3v) is 4.53. The monoisotopic (exact) mass is 358 g/mol. The number of amides is 1. The van der Waals surface area contributed by atoms with Gasteiger partial charge in [0.25, 0.3) is 5.91 Å². The van der Waals surface area contributed by atoms with Crippen LogP contribution in [0.25, 0.3) is 0 Å². The Hall–Kier alpha value is -2.81. The molecular weight excluding hydrogens is 340 g/mol. The van der Waals surface area contributed by atoms with Crippen LogP contribution >= 0.6 is 11.7 Å². The highest BCUT2D eigenvalue weighted by atomic mass is 32.1. The fourth-order valence-electron chi connectivity index (χ4n) is 2.36. The largest absolute Gasteiger partial charge is 0.496 e. The van der Waals surface area contributed by atoms with Crippen LogP contribution < -0.4 is 10.1 Å². The molecule has 0 saturated heterocycles. The molecule has 1 aromatic carbocycles. The van der Waals surface area contributed by atoms with E-state index < -0.39 is 0 Å². The summed E-state index contributed by atoms with van der Waals surface area (Å²) in [6, 6.07) is 7.54. The van der Waals surface area contributed by atoms with Crippen LogP contribution in [0.2, 0.25) is 0 Å². The SMILES string of the molecule is COc1ccccc1CNC(=O)c1nnn(Cc2nsnc2C)c1C. The minimum Gasteiger partial charge on any atom is -0.496 e. The molecule has 8 nitrogen and oxygen atoms in total. The molecule has 130 valence electrons. The first-order valence-corrected chi connectivity index (χ1v) is 8.41. The first-order chi connectivity index (χ1) is 12.1. The van der Waals surface area contributed by atoms with Gasteiger partial charge >= 0.3 is 0 Å². The van der Waals surface area contributed by atoms with Crippen LogP contribution in [0.4, 0.5) is 0 Å². The van der Waals surface area contributed by atoms with E-state index in [1.807, 2.05) is 38.1 Å². The number of benzene rings is 1. The number of hydrogen-bond acceptors (Lipinski definition) is 7. The van der Waals surface area contributed by atoms with Gasteiger partial charge < -0.3 is 10.1 Å². The maximum absolute atomic E-state index is 12.4. The van der Waals surface area contributed by atoms with Crippen LogP contribution in [0.5, 0.6) is 5.75 Å². The number of carbonyl (C=O) groups is 1. The Balaban J connectivity index is 1.70. The smallest absolute Gasteiger partial charge is 0.274 e. The first-order valence-electron chi connectivity index (χ1n) is 7.68. The molecule has 1 amide bonds. The number of ether oxygens (including phenoxy) is 1. The van der Waals surface area contributed by atoms with Gasteiger partial charge in [-0.25, -0.2) is 4.68 Å². The van der Waals surface area contributed by atoms with Gasteiger partial charge in [-0.05, 0) is 19.9 Å². The lowest BCUT2D eigenvalue weighted by molar-refractivity contribution is 0.0945. The van der Waals surface area contributed by atoms with Gasteiger partial charge in [-0.15, -0.1) is 5.10 Å². The van der Waals surface area contributed by atoms with Crippen molar-refractivity contribution in [3.63, 3.8) is 0 Å². The van der Waals surface area contributed by atoms with E-state index in [0.29, 0.717) is 24.5 Å². The maximum atomic E-state index is 12.4. The lowest BCUT2D eigenvalue weighted by Crippen LogP contribution is -2.24. The third kappa shape index (κ3) is 3.66. The molecule has 0 fully saturated rings. The number of aromatic nitrogens is 5. The van der Waals surface area contributed by atoms with Crippen LogP contribution in [-0.4, -0.2) is 36.8 Å². The number of methoxy groups -OCH3 is 1. The molecule has 0 atom stereocenters. The van der Waals surface area contributed by atoms with Crippen molar-refractivity contribution >= 4 is 17.6 Å². The van der Waals surface area contributed by atoms with Gasteiger partial charge in [-0.3, -0.25) is 4.79 Å². The summed E-state index contributed by atoms with van der Waals surface area (Å²) in [5.41, 5.74) is 3.58. The van der Waals surface area contributed by atoms with Gasteiger partial charge in [-0.2, -0.15) is 8.75 Å². The molecule has 0 radical (unpaired) electrons. The van der Waals surface area contributed by atoms with Crippen LogP contribution in [0.3, 0.4) is 0 Å². The van der Waals surface area contributed by atoms with Crippen LogP contribution in [0, 0.1) is 13.8 Å². The molecule has 2 aromatic heterocycles. The van der Waals surface area contributed by atoms with Crippen molar-refractivity contribution in [3.8, 4) is 5.75 Å². The predicted molar refractivity (Wildman–Crippen MR) is 92.7 cm³/mol. The lowest BCUT2D eigenvalue weighted by Gasteiger charge is -2.09. The highest BCUT2D eigenvalue weighted by Gasteiger charge is 2.18. The molecule has 0 bridgehead atoms. The van der Waals surface area contributed by atoms with E-state index in [-0.39, 0.29) is 5.91 Å². The second kappa shape index (κ2) is 7.39. The normalized spacial score (nSPS) is 10.7. The zero-order chi connectivity index (χ0) is 17.8. The summed E-state index contributed by atoms with van der Waals surface area (Å²) >= 11 is 1.16. The summed E-state index contributed by atoms with van der Waals surface area (Å²) in [7, 11) is 1.60. The van der Waals surface area contributed by atoms with E-state index in [9.17, 15) is 4.79 Å². The van der Waals surface area contributed by atoms with Gasteiger partial charge in [0.05, 0.1) is 42.5 Å². The first kappa shape index (κ1) is 17.0. The average Bonchev–Trinajstić information content (AvgIpc) is 3.19. The van der Waals surface area contributed by atoms with Gasteiger partial charge in [0.15, 0.2) is 5.69 Å². The number of para-hydroxylation sites is 1. The zero-order valence-corrected chi connectivity index (χ0v) is 15.0. The van der Waals surface area contributed by atoms with Crippen LogP contribution in [-0.2, 0) is 13.1 Å². The van der Waals surface area contributed by atoms with E-state index in [2.05, 4.69) is 24.4 Å². The number of nitrogens with one attached hydrogen (secondary N) is 1. The van der Waals surface area contributed by atoms with Gasteiger partial charge in [0, 0.05) is 12.1 Å². The molecular formula is C16H18N6O2S. The fourth-order valence-corrected chi connectivity index (χ4v) is 2.92. The van der Waals surface area contributed by atoms with Crippen LogP contribution in [0.15, 0.2) is 24.3 Å². The minimum absolute atomic E-state index is 0.275. The number of aryl methyl sites for hydroxylation is 1. The quantitative estimate of drug-likeness (QED) is 0.721. The summed E-state index contributed by atoms with van der Waals surface area (Å²) in [6.07, 6.45) is 0. The number of hydrogen-bond donors (Lipinski definition) is 1. The van der Waals surface area contributed by atoms with E-state index in [4.69, 9.17) is 4.74 Å². The molecule has 0 unspecified atom stereocenters. The van der Waals surface area contributed by atoms with Crippen molar-refractivity contribution in [2.75, 3.05) is 7.11 Å². The molecule has 2 heterocycles.